The Kier molecular flexibility index (Phi) is 4.58. The summed E-state index contributed by atoms with van der Waals surface area (Å²) in [5, 5.41) is 4.73. The number of nitrogens with one attached hydrogen (secondary N) is 3. The van der Waals surface area contributed by atoms with Crippen LogP contribution in [-0.2, 0) is 20.4 Å². The van der Waals surface area contributed by atoms with E-state index < -0.39 is 27.5 Å². The molecule has 0 aromatic heterocycles. The highest BCUT2D eigenvalue weighted by Crippen LogP contribution is 2.33. The van der Waals surface area contributed by atoms with Crippen LogP contribution in [0.2, 0.25) is 0 Å². The number of benzene rings is 2. The van der Waals surface area contributed by atoms with Gasteiger partial charge in [-0.05, 0) is 36.8 Å². The smallest absolute Gasteiger partial charge is 0.322 e. The van der Waals surface area contributed by atoms with Gasteiger partial charge in [-0.15, -0.1) is 0 Å². The second kappa shape index (κ2) is 6.96. The molecule has 2 aromatic carbocycles. The van der Waals surface area contributed by atoms with E-state index in [1.807, 2.05) is 0 Å². The van der Waals surface area contributed by atoms with Crippen LogP contribution in [0.5, 0.6) is 11.5 Å². The highest BCUT2D eigenvalue weighted by Gasteiger charge is 2.43. The van der Waals surface area contributed by atoms with E-state index in [9.17, 15) is 18.0 Å². The van der Waals surface area contributed by atoms with Crippen molar-refractivity contribution >= 4 is 27.6 Å². The van der Waals surface area contributed by atoms with E-state index in [0.717, 1.165) is 0 Å². The monoisotopic (exact) mass is 417 g/mol. The van der Waals surface area contributed by atoms with Crippen LogP contribution < -0.4 is 24.8 Å². The lowest BCUT2D eigenvalue weighted by Gasteiger charge is -2.22. The molecule has 0 spiro atoms. The zero-order chi connectivity index (χ0) is 20.6. The summed E-state index contributed by atoms with van der Waals surface area (Å²) in [5.74, 6) is 0.363. The molecule has 2 aliphatic heterocycles. The van der Waals surface area contributed by atoms with Gasteiger partial charge in [0.25, 0.3) is 15.9 Å². The number of sulfonamides is 1. The minimum atomic E-state index is -3.92. The van der Waals surface area contributed by atoms with Gasteiger partial charge < -0.3 is 14.8 Å². The molecule has 29 heavy (non-hydrogen) atoms. The van der Waals surface area contributed by atoms with Gasteiger partial charge >= 0.3 is 6.03 Å². The lowest BCUT2D eigenvalue weighted by atomic mass is 9.92. The average molecular weight is 417 g/mol. The summed E-state index contributed by atoms with van der Waals surface area (Å²) in [5.41, 5.74) is -0.585. The first kappa shape index (κ1) is 19.1. The van der Waals surface area contributed by atoms with E-state index in [2.05, 4.69) is 15.4 Å². The van der Waals surface area contributed by atoms with Gasteiger partial charge in [0.05, 0.1) is 18.1 Å². The molecule has 1 atom stereocenters. The minimum Gasteiger partial charge on any atom is -0.490 e. The van der Waals surface area contributed by atoms with Gasteiger partial charge in [-0.2, -0.15) is 0 Å². The molecule has 2 heterocycles. The molecule has 3 amide bonds. The quantitative estimate of drug-likeness (QED) is 0.651. The fourth-order valence-electron chi connectivity index (χ4n) is 3.16. The number of carbonyl (C=O) groups excluding carboxylic acids is 2. The summed E-state index contributed by atoms with van der Waals surface area (Å²) >= 11 is 0. The summed E-state index contributed by atoms with van der Waals surface area (Å²) in [7, 11) is -3.92. The molecule has 1 fully saturated rings. The highest BCUT2D eigenvalue weighted by atomic mass is 32.2. The van der Waals surface area contributed by atoms with Crippen LogP contribution in [0.4, 0.5) is 10.5 Å². The Morgan fingerprint density at radius 3 is 2.52 bits per heavy atom. The predicted octanol–water partition coefficient (Wildman–Crippen LogP) is 1.70. The van der Waals surface area contributed by atoms with Crippen molar-refractivity contribution in [2.75, 3.05) is 17.9 Å². The number of rotatable bonds is 4. The van der Waals surface area contributed by atoms with Crippen molar-refractivity contribution in [3.63, 3.8) is 0 Å². The van der Waals surface area contributed by atoms with E-state index >= 15 is 0 Å². The van der Waals surface area contributed by atoms with Crippen molar-refractivity contribution in [2.45, 2.75) is 23.8 Å². The van der Waals surface area contributed by atoms with Crippen molar-refractivity contribution in [1.82, 2.24) is 10.6 Å². The zero-order valence-corrected chi connectivity index (χ0v) is 16.3. The summed E-state index contributed by atoms with van der Waals surface area (Å²) in [6.07, 6.45) is 0.713. The third-order valence-corrected chi connectivity index (χ3v) is 6.15. The van der Waals surface area contributed by atoms with Crippen molar-refractivity contribution in [1.29, 1.82) is 0 Å². The van der Waals surface area contributed by atoms with Crippen molar-refractivity contribution in [3.8, 4) is 11.5 Å². The number of carbonyl (C=O) groups is 2. The maximum atomic E-state index is 12.8. The Bertz CT molecular complexity index is 1100. The van der Waals surface area contributed by atoms with Crippen molar-refractivity contribution in [3.05, 3.63) is 48.0 Å². The van der Waals surface area contributed by atoms with Crippen LogP contribution >= 0.6 is 0 Å². The Balaban J connectivity index is 1.62. The number of amides is 3. The molecule has 4 rings (SSSR count). The predicted molar refractivity (Wildman–Crippen MR) is 103 cm³/mol. The molecular formula is C19H19N3O6S. The van der Waals surface area contributed by atoms with Gasteiger partial charge in [0.2, 0.25) is 0 Å². The first-order chi connectivity index (χ1) is 13.8. The van der Waals surface area contributed by atoms with E-state index in [1.165, 1.54) is 18.2 Å². The number of ether oxygens (including phenoxy) is 2. The molecule has 0 bridgehead atoms. The average Bonchev–Trinajstić information content (AvgIpc) is 2.84. The largest absolute Gasteiger partial charge is 0.490 e. The molecule has 152 valence electrons. The van der Waals surface area contributed by atoms with E-state index in [-0.39, 0.29) is 10.6 Å². The Morgan fingerprint density at radius 1 is 1.03 bits per heavy atom. The molecule has 1 unspecified atom stereocenters. The minimum absolute atomic E-state index is 0.0188. The standard InChI is InChI=1S/C19H19N3O6S/c1-19(17(23)20-18(24)21-19)12-4-2-5-13(10-12)22-29(25,26)14-6-7-15-16(11-14)28-9-3-8-27-15/h2,4-7,10-11,22H,3,8-9H2,1H3,(H2,20,21,23,24). The SMILES string of the molecule is CC1(c2cccc(NS(=O)(=O)c3ccc4c(c3)OCCCO4)c2)NC(=O)NC1=O. The first-order valence-corrected chi connectivity index (χ1v) is 10.4. The zero-order valence-electron chi connectivity index (χ0n) is 15.5. The van der Waals surface area contributed by atoms with Crippen LogP contribution in [0.3, 0.4) is 0 Å². The number of hydrogen-bond acceptors (Lipinski definition) is 6. The van der Waals surface area contributed by atoms with Crippen LogP contribution in [0.1, 0.15) is 18.9 Å². The fraction of sp³-hybridized carbons (Fsp3) is 0.263. The lowest BCUT2D eigenvalue weighted by Crippen LogP contribution is -2.40. The third kappa shape index (κ3) is 3.58. The molecular weight excluding hydrogens is 398 g/mol. The molecule has 10 heteroatoms. The van der Waals surface area contributed by atoms with Gasteiger partial charge in [0.15, 0.2) is 11.5 Å². The van der Waals surface area contributed by atoms with Gasteiger partial charge in [0, 0.05) is 18.2 Å². The Labute approximate surface area is 167 Å². The normalized spacial score (nSPS) is 21.1. The number of fused-ring (bicyclic) bond motifs is 1. The maximum absolute atomic E-state index is 12.8. The molecule has 2 aliphatic rings. The van der Waals surface area contributed by atoms with E-state index in [0.29, 0.717) is 36.7 Å². The molecule has 3 N–H and O–H groups in total. The lowest BCUT2D eigenvalue weighted by molar-refractivity contribution is -0.123. The first-order valence-electron chi connectivity index (χ1n) is 8.94. The molecule has 9 nitrogen and oxygen atoms in total. The fourth-order valence-corrected chi connectivity index (χ4v) is 4.23. The summed E-state index contributed by atoms with van der Waals surface area (Å²) in [6.45, 7) is 2.50. The van der Waals surface area contributed by atoms with E-state index in [1.54, 1.807) is 31.2 Å². The van der Waals surface area contributed by atoms with Crippen LogP contribution in [0.15, 0.2) is 47.4 Å². The maximum Gasteiger partial charge on any atom is 0.322 e. The van der Waals surface area contributed by atoms with Gasteiger partial charge in [-0.25, -0.2) is 13.2 Å². The number of imide groups is 1. The summed E-state index contributed by atoms with van der Waals surface area (Å²) in [6, 6.07) is 10.1. The van der Waals surface area contributed by atoms with Crippen molar-refractivity contribution < 1.29 is 27.5 Å². The number of hydrogen-bond donors (Lipinski definition) is 3. The van der Waals surface area contributed by atoms with Gasteiger partial charge in [-0.1, -0.05) is 12.1 Å². The topological polar surface area (TPSA) is 123 Å². The number of urea groups is 1. The molecule has 1 saturated heterocycles. The highest BCUT2D eigenvalue weighted by molar-refractivity contribution is 7.92. The molecule has 2 aromatic rings. The molecule has 0 saturated carbocycles. The van der Waals surface area contributed by atoms with Gasteiger partial charge in [-0.3, -0.25) is 14.8 Å². The molecule has 0 radical (unpaired) electrons. The summed E-state index contributed by atoms with van der Waals surface area (Å²) < 4.78 is 39.3. The van der Waals surface area contributed by atoms with Crippen LogP contribution in [-0.4, -0.2) is 33.6 Å². The molecule has 0 aliphatic carbocycles. The Morgan fingerprint density at radius 2 is 1.79 bits per heavy atom. The second-order valence-corrected chi connectivity index (χ2v) is 8.56. The Hall–Kier alpha value is -3.27. The second-order valence-electron chi connectivity index (χ2n) is 6.88. The van der Waals surface area contributed by atoms with Crippen LogP contribution in [0, 0.1) is 0 Å². The third-order valence-electron chi connectivity index (χ3n) is 4.77. The van der Waals surface area contributed by atoms with Crippen molar-refractivity contribution in [2.24, 2.45) is 0 Å². The van der Waals surface area contributed by atoms with Gasteiger partial charge in [0.1, 0.15) is 5.54 Å². The van der Waals surface area contributed by atoms with Crippen LogP contribution in [0.25, 0.3) is 0 Å². The summed E-state index contributed by atoms with van der Waals surface area (Å²) in [4.78, 5) is 23.7. The number of anilines is 1. The van der Waals surface area contributed by atoms with E-state index in [4.69, 9.17) is 9.47 Å².